The van der Waals surface area contributed by atoms with Crippen LogP contribution in [0, 0.1) is 0 Å². The molecule has 0 saturated carbocycles. The van der Waals surface area contributed by atoms with Gasteiger partial charge in [0, 0.05) is 24.3 Å². The predicted molar refractivity (Wildman–Crippen MR) is 85.4 cm³/mol. The highest BCUT2D eigenvalue weighted by Gasteiger charge is 2.20. The largest absolute Gasteiger partial charge is 0.326 e. The van der Waals surface area contributed by atoms with E-state index in [4.69, 9.17) is 5.73 Å². The summed E-state index contributed by atoms with van der Waals surface area (Å²) in [6, 6.07) is 5.03. The molecule has 6 nitrogen and oxygen atoms in total. The first-order valence-corrected chi connectivity index (χ1v) is 8.68. The topological polar surface area (TPSA) is 90.0 Å². The molecule has 3 N–H and O–H groups in total. The van der Waals surface area contributed by atoms with Crippen LogP contribution in [0.3, 0.4) is 0 Å². The summed E-state index contributed by atoms with van der Waals surface area (Å²) in [6.45, 7) is 2.20. The van der Waals surface area contributed by atoms with Crippen LogP contribution < -0.4 is 10.5 Å². The highest BCUT2D eigenvalue weighted by molar-refractivity contribution is 9.10. The molecule has 8 heteroatoms. The Labute approximate surface area is 132 Å². The number of hydrogen-bond acceptors (Lipinski definition) is 4. The summed E-state index contributed by atoms with van der Waals surface area (Å²) in [7, 11) is -1.95. The average Bonchev–Trinajstić information content (AvgIpc) is 2.78. The van der Waals surface area contributed by atoms with Crippen LogP contribution in [0.1, 0.15) is 18.2 Å². The lowest BCUT2D eigenvalue weighted by Crippen LogP contribution is -2.15. The van der Waals surface area contributed by atoms with Crippen molar-refractivity contribution >= 4 is 31.6 Å². The van der Waals surface area contributed by atoms with Crippen LogP contribution in [0.15, 0.2) is 33.8 Å². The SMILES string of the molecule is CCc1nn(C)cc1NS(=O)(=O)c1cc(CN)ccc1Br. The molecule has 1 aromatic carbocycles. The minimum absolute atomic E-state index is 0.163. The molecule has 2 rings (SSSR count). The summed E-state index contributed by atoms with van der Waals surface area (Å²) in [6.07, 6.45) is 2.29. The second-order valence-electron chi connectivity index (χ2n) is 4.59. The maximum atomic E-state index is 12.5. The molecule has 1 aromatic heterocycles. The maximum absolute atomic E-state index is 12.5. The molecule has 21 heavy (non-hydrogen) atoms. The number of sulfonamides is 1. The average molecular weight is 373 g/mol. The first-order valence-electron chi connectivity index (χ1n) is 6.41. The maximum Gasteiger partial charge on any atom is 0.263 e. The van der Waals surface area contributed by atoms with E-state index in [2.05, 4.69) is 25.8 Å². The smallest absolute Gasteiger partial charge is 0.263 e. The number of hydrogen-bond donors (Lipinski definition) is 2. The molecule has 114 valence electrons. The van der Waals surface area contributed by atoms with Gasteiger partial charge in [-0.2, -0.15) is 5.10 Å². The number of anilines is 1. The Hall–Kier alpha value is -1.38. The van der Waals surface area contributed by atoms with Gasteiger partial charge in [0.2, 0.25) is 0 Å². The minimum atomic E-state index is -3.70. The Morgan fingerprint density at radius 3 is 2.76 bits per heavy atom. The van der Waals surface area contributed by atoms with E-state index >= 15 is 0 Å². The van der Waals surface area contributed by atoms with E-state index in [0.29, 0.717) is 22.3 Å². The molecular weight excluding hydrogens is 356 g/mol. The number of aromatic nitrogens is 2. The van der Waals surface area contributed by atoms with Gasteiger partial charge in [0.05, 0.1) is 11.4 Å². The molecule has 2 aromatic rings. The van der Waals surface area contributed by atoms with Gasteiger partial charge in [-0.1, -0.05) is 13.0 Å². The quantitative estimate of drug-likeness (QED) is 0.839. The molecule has 0 radical (unpaired) electrons. The molecule has 0 saturated heterocycles. The summed E-state index contributed by atoms with van der Waals surface area (Å²) in [4.78, 5) is 0.163. The molecule has 0 aliphatic heterocycles. The summed E-state index contributed by atoms with van der Waals surface area (Å²) >= 11 is 3.27. The van der Waals surface area contributed by atoms with E-state index < -0.39 is 10.0 Å². The molecule has 0 atom stereocenters. The zero-order chi connectivity index (χ0) is 15.6. The fourth-order valence-corrected chi connectivity index (χ4v) is 4.05. The summed E-state index contributed by atoms with van der Waals surface area (Å²) in [5.41, 5.74) is 7.51. The molecule has 0 amide bonds. The van der Waals surface area contributed by atoms with Crippen molar-refractivity contribution in [2.75, 3.05) is 4.72 Å². The van der Waals surface area contributed by atoms with Gasteiger partial charge in [-0.3, -0.25) is 9.40 Å². The Morgan fingerprint density at radius 2 is 2.14 bits per heavy atom. The van der Waals surface area contributed by atoms with Gasteiger partial charge in [0.15, 0.2) is 0 Å². The van der Waals surface area contributed by atoms with E-state index in [9.17, 15) is 8.42 Å². The monoisotopic (exact) mass is 372 g/mol. The molecular formula is C13H17BrN4O2S. The normalized spacial score (nSPS) is 11.6. The lowest BCUT2D eigenvalue weighted by Gasteiger charge is -2.10. The summed E-state index contributed by atoms with van der Waals surface area (Å²) in [5.74, 6) is 0. The number of benzene rings is 1. The number of aryl methyl sites for hydroxylation is 2. The summed E-state index contributed by atoms with van der Waals surface area (Å²) in [5, 5.41) is 4.22. The van der Waals surface area contributed by atoms with E-state index in [1.807, 2.05) is 6.92 Å². The minimum Gasteiger partial charge on any atom is -0.326 e. The van der Waals surface area contributed by atoms with Crippen LogP contribution in [-0.2, 0) is 30.0 Å². The molecule has 0 spiro atoms. The number of nitrogens with one attached hydrogen (secondary N) is 1. The molecule has 0 unspecified atom stereocenters. The van der Waals surface area contributed by atoms with Crippen molar-refractivity contribution in [3.05, 3.63) is 40.1 Å². The van der Waals surface area contributed by atoms with Crippen molar-refractivity contribution in [1.82, 2.24) is 9.78 Å². The van der Waals surface area contributed by atoms with Crippen LogP contribution in [0.4, 0.5) is 5.69 Å². The molecule has 1 heterocycles. The van der Waals surface area contributed by atoms with Gasteiger partial charge in [-0.15, -0.1) is 0 Å². The Kier molecular flexibility index (Phi) is 4.70. The zero-order valence-corrected chi connectivity index (χ0v) is 14.2. The van der Waals surface area contributed by atoms with E-state index in [1.165, 1.54) is 0 Å². The third-order valence-corrected chi connectivity index (χ3v) is 5.36. The lowest BCUT2D eigenvalue weighted by molar-refractivity contribution is 0.600. The van der Waals surface area contributed by atoms with Gasteiger partial charge in [-0.05, 0) is 40.0 Å². The van der Waals surface area contributed by atoms with Crippen LogP contribution >= 0.6 is 15.9 Å². The Balaban J connectivity index is 2.42. The number of rotatable bonds is 5. The first-order chi connectivity index (χ1) is 9.87. The van der Waals surface area contributed by atoms with Gasteiger partial charge in [0.25, 0.3) is 10.0 Å². The Bertz CT molecular complexity index is 756. The number of nitrogens with zero attached hydrogens (tertiary/aromatic N) is 2. The predicted octanol–water partition coefficient (Wildman–Crippen LogP) is 2.00. The van der Waals surface area contributed by atoms with Gasteiger partial charge < -0.3 is 5.73 Å². The van der Waals surface area contributed by atoms with E-state index in [0.717, 1.165) is 5.56 Å². The first kappa shape index (κ1) is 16.0. The highest BCUT2D eigenvalue weighted by atomic mass is 79.9. The van der Waals surface area contributed by atoms with Crippen LogP contribution in [0.2, 0.25) is 0 Å². The van der Waals surface area contributed by atoms with Crippen molar-refractivity contribution in [3.63, 3.8) is 0 Å². The van der Waals surface area contributed by atoms with Gasteiger partial charge >= 0.3 is 0 Å². The fourth-order valence-electron chi connectivity index (χ4n) is 1.96. The third-order valence-electron chi connectivity index (χ3n) is 3.01. The second kappa shape index (κ2) is 6.17. The molecule has 0 fully saturated rings. The third kappa shape index (κ3) is 3.45. The van der Waals surface area contributed by atoms with Crippen molar-refractivity contribution in [3.8, 4) is 0 Å². The van der Waals surface area contributed by atoms with Crippen molar-refractivity contribution in [2.24, 2.45) is 12.8 Å². The fraction of sp³-hybridized carbons (Fsp3) is 0.308. The van der Waals surface area contributed by atoms with Crippen LogP contribution in [-0.4, -0.2) is 18.2 Å². The second-order valence-corrected chi connectivity index (χ2v) is 7.10. The molecule has 0 aliphatic rings. The standard InChI is InChI=1S/C13H17BrN4O2S/c1-3-11-12(8-18(2)16-11)17-21(19,20)13-6-9(7-15)4-5-10(13)14/h4-6,8,17H,3,7,15H2,1-2H3. The van der Waals surface area contributed by atoms with Crippen molar-refractivity contribution in [1.29, 1.82) is 0 Å². The number of halogens is 1. The van der Waals surface area contributed by atoms with E-state index in [-0.39, 0.29) is 11.4 Å². The number of nitrogens with two attached hydrogens (primary N) is 1. The van der Waals surface area contributed by atoms with E-state index in [1.54, 1.807) is 36.1 Å². The summed E-state index contributed by atoms with van der Waals surface area (Å²) < 4.78 is 29.8. The van der Waals surface area contributed by atoms with Gasteiger partial charge in [0.1, 0.15) is 4.90 Å². The molecule has 0 bridgehead atoms. The van der Waals surface area contributed by atoms with Crippen molar-refractivity contribution < 1.29 is 8.42 Å². The van der Waals surface area contributed by atoms with Gasteiger partial charge in [-0.25, -0.2) is 8.42 Å². The molecule has 0 aliphatic carbocycles. The van der Waals surface area contributed by atoms with Crippen LogP contribution in [0.25, 0.3) is 0 Å². The highest BCUT2D eigenvalue weighted by Crippen LogP contribution is 2.26. The Morgan fingerprint density at radius 1 is 1.43 bits per heavy atom. The lowest BCUT2D eigenvalue weighted by atomic mass is 10.2. The van der Waals surface area contributed by atoms with Crippen molar-refractivity contribution in [2.45, 2.75) is 24.8 Å². The van der Waals surface area contributed by atoms with Crippen LogP contribution in [0.5, 0.6) is 0 Å². The zero-order valence-electron chi connectivity index (χ0n) is 11.8.